The zero-order valence-electron chi connectivity index (χ0n) is 15.7. The lowest BCUT2D eigenvalue weighted by molar-refractivity contribution is -0.119. The van der Waals surface area contributed by atoms with E-state index in [1.807, 2.05) is 38.1 Å². The fourth-order valence-corrected chi connectivity index (χ4v) is 2.97. The lowest BCUT2D eigenvalue weighted by Gasteiger charge is -2.13. The SMILES string of the molecule is COc1cccc(Cn2cc(NC(=O)C(C)n3nc(C)c(Cl)c3C)cn2)c1. The van der Waals surface area contributed by atoms with Crippen LogP contribution in [0.2, 0.25) is 5.02 Å². The van der Waals surface area contributed by atoms with E-state index in [9.17, 15) is 4.79 Å². The summed E-state index contributed by atoms with van der Waals surface area (Å²) >= 11 is 6.17. The number of benzene rings is 1. The third kappa shape index (κ3) is 4.14. The summed E-state index contributed by atoms with van der Waals surface area (Å²) in [5, 5.41) is 12.1. The molecule has 1 N–H and O–H groups in total. The second-order valence-corrected chi connectivity index (χ2v) is 6.75. The molecule has 0 radical (unpaired) electrons. The Hall–Kier alpha value is -2.80. The van der Waals surface area contributed by atoms with Gasteiger partial charge in [-0.15, -0.1) is 0 Å². The number of methoxy groups -OCH3 is 1. The van der Waals surface area contributed by atoms with Crippen LogP contribution in [-0.2, 0) is 11.3 Å². The highest BCUT2D eigenvalue weighted by atomic mass is 35.5. The molecular formula is C19H22ClN5O2. The Kier molecular flexibility index (Phi) is 5.51. The van der Waals surface area contributed by atoms with Crippen LogP contribution >= 0.6 is 11.6 Å². The van der Waals surface area contributed by atoms with Crippen molar-refractivity contribution in [3.05, 3.63) is 58.6 Å². The molecule has 1 unspecified atom stereocenters. The average molecular weight is 388 g/mol. The highest BCUT2D eigenvalue weighted by molar-refractivity contribution is 6.31. The molecule has 0 aliphatic carbocycles. The Labute approximate surface area is 162 Å². The fourth-order valence-electron chi connectivity index (χ4n) is 2.85. The van der Waals surface area contributed by atoms with Crippen LogP contribution in [0.1, 0.15) is 29.9 Å². The molecule has 1 aromatic carbocycles. The Morgan fingerprint density at radius 2 is 2.15 bits per heavy atom. The van der Waals surface area contributed by atoms with Crippen molar-refractivity contribution in [2.24, 2.45) is 0 Å². The summed E-state index contributed by atoms with van der Waals surface area (Å²) in [6.07, 6.45) is 3.41. The first-order valence-electron chi connectivity index (χ1n) is 8.56. The number of hydrogen-bond donors (Lipinski definition) is 1. The zero-order valence-corrected chi connectivity index (χ0v) is 16.5. The molecule has 0 bridgehead atoms. The van der Waals surface area contributed by atoms with Crippen molar-refractivity contribution in [2.75, 3.05) is 12.4 Å². The summed E-state index contributed by atoms with van der Waals surface area (Å²) < 4.78 is 8.63. The second-order valence-electron chi connectivity index (χ2n) is 6.37. The normalized spacial score (nSPS) is 12.0. The predicted octanol–water partition coefficient (Wildman–Crippen LogP) is 3.61. The van der Waals surface area contributed by atoms with E-state index in [1.54, 1.807) is 35.8 Å². The largest absolute Gasteiger partial charge is 0.497 e. The number of amides is 1. The maximum Gasteiger partial charge on any atom is 0.249 e. The molecule has 1 atom stereocenters. The Morgan fingerprint density at radius 1 is 1.37 bits per heavy atom. The highest BCUT2D eigenvalue weighted by Gasteiger charge is 2.21. The van der Waals surface area contributed by atoms with Crippen LogP contribution in [-0.4, -0.2) is 32.6 Å². The maximum absolute atomic E-state index is 12.6. The number of ether oxygens (including phenoxy) is 1. The number of carbonyl (C=O) groups excluding carboxylic acids is 1. The van der Waals surface area contributed by atoms with Gasteiger partial charge >= 0.3 is 0 Å². The van der Waals surface area contributed by atoms with E-state index in [0.29, 0.717) is 22.9 Å². The molecule has 0 aliphatic heterocycles. The summed E-state index contributed by atoms with van der Waals surface area (Å²) in [6, 6.07) is 7.29. The second kappa shape index (κ2) is 7.84. The van der Waals surface area contributed by atoms with Gasteiger partial charge in [-0.2, -0.15) is 10.2 Å². The highest BCUT2D eigenvalue weighted by Crippen LogP contribution is 2.23. The molecule has 142 valence electrons. The lowest BCUT2D eigenvalue weighted by Crippen LogP contribution is -2.25. The minimum atomic E-state index is -0.488. The third-order valence-corrected chi connectivity index (χ3v) is 4.91. The smallest absolute Gasteiger partial charge is 0.249 e. The Morgan fingerprint density at radius 3 is 2.81 bits per heavy atom. The van der Waals surface area contributed by atoms with Gasteiger partial charge in [0.2, 0.25) is 5.91 Å². The number of carbonyl (C=O) groups is 1. The molecular weight excluding hydrogens is 366 g/mol. The topological polar surface area (TPSA) is 74.0 Å². The van der Waals surface area contributed by atoms with E-state index in [4.69, 9.17) is 16.3 Å². The first kappa shape index (κ1) is 19.0. The van der Waals surface area contributed by atoms with Crippen LogP contribution in [0, 0.1) is 13.8 Å². The van der Waals surface area contributed by atoms with Crippen LogP contribution in [0.4, 0.5) is 5.69 Å². The van der Waals surface area contributed by atoms with Gasteiger partial charge in [0, 0.05) is 6.20 Å². The van der Waals surface area contributed by atoms with Crippen molar-refractivity contribution in [1.82, 2.24) is 19.6 Å². The average Bonchev–Trinajstić information content (AvgIpc) is 3.20. The molecule has 0 fully saturated rings. The van der Waals surface area contributed by atoms with Crippen LogP contribution < -0.4 is 10.1 Å². The molecule has 0 saturated carbocycles. The summed E-state index contributed by atoms with van der Waals surface area (Å²) in [4.78, 5) is 12.6. The first-order valence-corrected chi connectivity index (χ1v) is 8.94. The van der Waals surface area contributed by atoms with Gasteiger partial charge in [-0.3, -0.25) is 14.2 Å². The summed E-state index contributed by atoms with van der Waals surface area (Å²) in [7, 11) is 1.64. The molecule has 8 heteroatoms. The van der Waals surface area contributed by atoms with Crippen LogP contribution in [0.3, 0.4) is 0 Å². The zero-order chi connectivity index (χ0) is 19.6. The number of anilines is 1. The van der Waals surface area contributed by atoms with Gasteiger partial charge in [0.05, 0.1) is 41.9 Å². The van der Waals surface area contributed by atoms with Gasteiger partial charge in [-0.05, 0) is 38.5 Å². The van der Waals surface area contributed by atoms with Gasteiger partial charge in [0.1, 0.15) is 11.8 Å². The summed E-state index contributed by atoms with van der Waals surface area (Å²) in [5.41, 5.74) is 3.16. The molecule has 0 aliphatic rings. The van der Waals surface area contributed by atoms with Crippen LogP contribution in [0.25, 0.3) is 0 Å². The predicted molar refractivity (Wildman–Crippen MR) is 104 cm³/mol. The number of halogens is 1. The van der Waals surface area contributed by atoms with Crippen LogP contribution in [0.15, 0.2) is 36.7 Å². The third-order valence-electron chi connectivity index (χ3n) is 4.36. The number of hydrogen-bond acceptors (Lipinski definition) is 4. The molecule has 1 amide bonds. The first-order chi connectivity index (χ1) is 12.9. The van der Waals surface area contributed by atoms with Gasteiger partial charge in [-0.25, -0.2) is 0 Å². The van der Waals surface area contributed by atoms with Crippen molar-refractivity contribution in [2.45, 2.75) is 33.4 Å². The van der Waals surface area contributed by atoms with E-state index in [-0.39, 0.29) is 5.91 Å². The fraction of sp³-hybridized carbons (Fsp3) is 0.316. The summed E-state index contributed by atoms with van der Waals surface area (Å²) in [5.74, 6) is 0.615. The molecule has 27 heavy (non-hydrogen) atoms. The number of aromatic nitrogens is 4. The molecule has 2 aromatic heterocycles. The molecule has 0 spiro atoms. The lowest BCUT2D eigenvalue weighted by atomic mass is 10.2. The van der Waals surface area contributed by atoms with E-state index in [1.165, 1.54) is 0 Å². The number of rotatable bonds is 6. The van der Waals surface area contributed by atoms with Crippen molar-refractivity contribution >= 4 is 23.2 Å². The molecule has 3 aromatic rings. The molecule has 3 rings (SSSR count). The van der Waals surface area contributed by atoms with Crippen LogP contribution in [0.5, 0.6) is 5.75 Å². The van der Waals surface area contributed by atoms with Gasteiger partial charge in [-0.1, -0.05) is 23.7 Å². The maximum atomic E-state index is 12.6. The quantitative estimate of drug-likeness (QED) is 0.701. The number of aryl methyl sites for hydroxylation is 1. The van der Waals surface area contributed by atoms with E-state index < -0.39 is 6.04 Å². The number of nitrogens with zero attached hydrogens (tertiary/aromatic N) is 4. The molecule has 2 heterocycles. The van der Waals surface area contributed by atoms with Gasteiger partial charge in [0.25, 0.3) is 0 Å². The molecule has 0 saturated heterocycles. The Bertz CT molecular complexity index is 963. The summed E-state index contributed by atoms with van der Waals surface area (Å²) in [6.45, 7) is 6.03. The molecule has 7 nitrogen and oxygen atoms in total. The van der Waals surface area contributed by atoms with E-state index in [2.05, 4.69) is 15.5 Å². The number of nitrogens with one attached hydrogen (secondary N) is 1. The van der Waals surface area contributed by atoms with Gasteiger partial charge < -0.3 is 10.1 Å². The van der Waals surface area contributed by atoms with Crippen molar-refractivity contribution in [3.63, 3.8) is 0 Å². The van der Waals surface area contributed by atoms with E-state index >= 15 is 0 Å². The van der Waals surface area contributed by atoms with Crippen molar-refractivity contribution < 1.29 is 9.53 Å². The van der Waals surface area contributed by atoms with Crippen molar-refractivity contribution in [1.29, 1.82) is 0 Å². The minimum Gasteiger partial charge on any atom is -0.497 e. The minimum absolute atomic E-state index is 0.182. The standard InChI is InChI=1S/C19H22ClN5O2/c1-12-18(20)13(2)25(23-12)14(3)19(26)22-16-9-21-24(11-16)10-15-6-5-7-17(8-15)27-4/h5-9,11,14H,10H2,1-4H3,(H,22,26). The van der Waals surface area contributed by atoms with Gasteiger partial charge in [0.15, 0.2) is 0 Å². The monoisotopic (exact) mass is 387 g/mol. The van der Waals surface area contributed by atoms with Crippen molar-refractivity contribution in [3.8, 4) is 5.75 Å². The Balaban J connectivity index is 1.67. The van der Waals surface area contributed by atoms with E-state index in [0.717, 1.165) is 17.0 Å².